The average Bonchev–Trinajstić information content (AvgIpc) is 2.89. The molecule has 3 heterocycles. The number of hydrogen-bond donors (Lipinski definition) is 0. The first-order chi connectivity index (χ1) is 9.25. The van der Waals surface area contributed by atoms with E-state index < -0.39 is 0 Å². The molecule has 0 aromatic rings. The summed E-state index contributed by atoms with van der Waals surface area (Å²) in [6.45, 7) is 2.25. The van der Waals surface area contributed by atoms with E-state index in [2.05, 4.69) is 0 Å². The molecule has 3 aliphatic rings. The van der Waals surface area contributed by atoms with Gasteiger partial charge in [-0.1, -0.05) is 6.42 Å². The smallest absolute Gasteiger partial charge is 0.245 e. The highest BCUT2D eigenvalue weighted by Gasteiger charge is 2.39. The predicted octanol–water partition coefficient (Wildman–Crippen LogP) is 1.50. The zero-order valence-corrected chi connectivity index (χ0v) is 12.2. The van der Waals surface area contributed by atoms with Crippen molar-refractivity contribution in [2.24, 2.45) is 0 Å². The second kappa shape index (κ2) is 5.73. The van der Waals surface area contributed by atoms with Crippen molar-refractivity contribution in [3.8, 4) is 0 Å². The van der Waals surface area contributed by atoms with Crippen LogP contribution in [-0.4, -0.2) is 58.3 Å². The van der Waals surface area contributed by atoms with E-state index in [1.165, 1.54) is 25.0 Å². The van der Waals surface area contributed by atoms with E-state index in [0.717, 1.165) is 25.9 Å². The molecule has 2 amide bonds. The van der Waals surface area contributed by atoms with Gasteiger partial charge < -0.3 is 9.80 Å². The van der Waals surface area contributed by atoms with Crippen LogP contribution in [-0.2, 0) is 9.59 Å². The minimum atomic E-state index is -0.149. The van der Waals surface area contributed by atoms with Gasteiger partial charge in [-0.05, 0) is 31.4 Å². The van der Waals surface area contributed by atoms with Gasteiger partial charge in [-0.2, -0.15) is 11.8 Å². The third-order valence-corrected chi connectivity index (χ3v) is 5.84. The van der Waals surface area contributed by atoms with Crippen LogP contribution in [0.25, 0.3) is 0 Å². The summed E-state index contributed by atoms with van der Waals surface area (Å²) in [6.07, 6.45) is 6.17. The maximum absolute atomic E-state index is 12.6. The Balaban J connectivity index is 1.67. The van der Waals surface area contributed by atoms with E-state index in [1.807, 2.05) is 21.6 Å². The Bertz CT molecular complexity index is 368. The molecular formula is C14H22N2O2S. The Morgan fingerprint density at radius 2 is 2.00 bits per heavy atom. The normalized spacial score (nSPS) is 32.4. The van der Waals surface area contributed by atoms with Crippen molar-refractivity contribution < 1.29 is 9.59 Å². The Morgan fingerprint density at radius 1 is 1.11 bits per heavy atom. The summed E-state index contributed by atoms with van der Waals surface area (Å²) in [4.78, 5) is 28.4. The first-order valence-corrected chi connectivity index (χ1v) is 8.50. The highest BCUT2D eigenvalue weighted by Crippen LogP contribution is 2.28. The number of hydrogen-bond acceptors (Lipinski definition) is 3. The Labute approximate surface area is 118 Å². The summed E-state index contributed by atoms with van der Waals surface area (Å²) in [5.74, 6) is 1.60. The average molecular weight is 282 g/mol. The molecule has 0 spiro atoms. The lowest BCUT2D eigenvalue weighted by atomic mass is 10.1. The number of carbonyl (C=O) groups excluding carboxylic acids is 2. The first-order valence-electron chi connectivity index (χ1n) is 7.45. The number of rotatable bonds is 2. The molecular weight excluding hydrogens is 260 g/mol. The van der Waals surface area contributed by atoms with E-state index in [4.69, 9.17) is 0 Å². The minimum Gasteiger partial charge on any atom is -0.339 e. The molecule has 3 rings (SSSR count). The lowest BCUT2D eigenvalue weighted by Gasteiger charge is -2.30. The molecule has 3 saturated heterocycles. The van der Waals surface area contributed by atoms with Gasteiger partial charge in [0.15, 0.2) is 0 Å². The standard InChI is InChI=1S/C14H22N2O2S/c17-13-6-8-15(10-11-4-1-2-9-19-11)14(18)12-5-3-7-16(12)13/h11-12H,1-10H2. The van der Waals surface area contributed by atoms with Gasteiger partial charge in [0.05, 0.1) is 0 Å². The summed E-state index contributed by atoms with van der Waals surface area (Å²) in [5.41, 5.74) is 0. The van der Waals surface area contributed by atoms with Crippen LogP contribution in [0.15, 0.2) is 0 Å². The quantitative estimate of drug-likeness (QED) is 0.770. The van der Waals surface area contributed by atoms with Crippen LogP contribution < -0.4 is 0 Å². The molecule has 2 unspecified atom stereocenters. The molecule has 106 valence electrons. The van der Waals surface area contributed by atoms with Crippen LogP contribution in [0.5, 0.6) is 0 Å². The van der Waals surface area contributed by atoms with Crippen LogP contribution in [0.3, 0.4) is 0 Å². The molecule has 4 nitrogen and oxygen atoms in total. The lowest BCUT2D eigenvalue weighted by molar-refractivity contribution is -0.139. The topological polar surface area (TPSA) is 40.6 Å². The summed E-state index contributed by atoms with van der Waals surface area (Å²) >= 11 is 2.00. The molecule has 0 aromatic heterocycles. The van der Waals surface area contributed by atoms with E-state index in [0.29, 0.717) is 18.2 Å². The number of amides is 2. The molecule has 3 aliphatic heterocycles. The predicted molar refractivity (Wildman–Crippen MR) is 76.0 cm³/mol. The van der Waals surface area contributed by atoms with Crippen molar-refractivity contribution in [2.45, 2.75) is 49.8 Å². The van der Waals surface area contributed by atoms with Crippen molar-refractivity contribution in [3.63, 3.8) is 0 Å². The van der Waals surface area contributed by atoms with E-state index in [9.17, 15) is 9.59 Å². The monoisotopic (exact) mass is 282 g/mol. The Morgan fingerprint density at radius 3 is 2.79 bits per heavy atom. The minimum absolute atomic E-state index is 0.149. The van der Waals surface area contributed by atoms with Crippen LogP contribution in [0.2, 0.25) is 0 Å². The molecule has 3 fully saturated rings. The maximum Gasteiger partial charge on any atom is 0.245 e. The molecule has 19 heavy (non-hydrogen) atoms. The van der Waals surface area contributed by atoms with Gasteiger partial charge in [0.25, 0.3) is 0 Å². The molecule has 5 heteroatoms. The first kappa shape index (κ1) is 13.3. The summed E-state index contributed by atoms with van der Waals surface area (Å²) in [6, 6.07) is -0.149. The van der Waals surface area contributed by atoms with Crippen LogP contribution >= 0.6 is 11.8 Å². The SMILES string of the molecule is O=C1C2CCCN2C(=O)CCN1CC1CCCCS1. The van der Waals surface area contributed by atoms with Crippen molar-refractivity contribution in [2.75, 3.05) is 25.4 Å². The maximum atomic E-state index is 12.6. The van der Waals surface area contributed by atoms with Gasteiger partial charge in [0.2, 0.25) is 11.8 Å². The molecule has 0 radical (unpaired) electrons. The van der Waals surface area contributed by atoms with Gasteiger partial charge >= 0.3 is 0 Å². The number of nitrogens with zero attached hydrogens (tertiary/aromatic N) is 2. The van der Waals surface area contributed by atoms with Gasteiger partial charge in [-0.3, -0.25) is 9.59 Å². The molecule has 0 aromatic carbocycles. The molecule has 2 atom stereocenters. The molecule has 0 bridgehead atoms. The fourth-order valence-electron chi connectivity index (χ4n) is 3.40. The van der Waals surface area contributed by atoms with Gasteiger partial charge in [0.1, 0.15) is 6.04 Å². The summed E-state index contributed by atoms with van der Waals surface area (Å²) in [5, 5.41) is 0.584. The number of fused-ring (bicyclic) bond motifs is 1. The summed E-state index contributed by atoms with van der Waals surface area (Å²) < 4.78 is 0. The number of thioether (sulfide) groups is 1. The third kappa shape index (κ3) is 2.76. The Hall–Kier alpha value is -0.710. The van der Waals surface area contributed by atoms with E-state index in [1.54, 1.807) is 0 Å². The second-order valence-corrected chi connectivity index (χ2v) is 7.18. The van der Waals surface area contributed by atoms with Crippen molar-refractivity contribution in [3.05, 3.63) is 0 Å². The zero-order valence-electron chi connectivity index (χ0n) is 11.3. The van der Waals surface area contributed by atoms with Crippen molar-refractivity contribution in [1.82, 2.24) is 9.80 Å². The van der Waals surface area contributed by atoms with Crippen LogP contribution in [0.4, 0.5) is 0 Å². The van der Waals surface area contributed by atoms with Gasteiger partial charge in [-0.25, -0.2) is 0 Å². The fraction of sp³-hybridized carbons (Fsp3) is 0.857. The van der Waals surface area contributed by atoms with Crippen LogP contribution in [0.1, 0.15) is 38.5 Å². The van der Waals surface area contributed by atoms with Crippen molar-refractivity contribution >= 4 is 23.6 Å². The van der Waals surface area contributed by atoms with E-state index >= 15 is 0 Å². The molecule has 0 N–H and O–H groups in total. The highest BCUT2D eigenvalue weighted by molar-refractivity contribution is 7.99. The highest BCUT2D eigenvalue weighted by atomic mass is 32.2. The van der Waals surface area contributed by atoms with Crippen LogP contribution in [0, 0.1) is 0 Å². The molecule has 0 aliphatic carbocycles. The summed E-state index contributed by atoms with van der Waals surface area (Å²) in [7, 11) is 0. The van der Waals surface area contributed by atoms with Gasteiger partial charge in [0, 0.05) is 31.3 Å². The number of carbonyl (C=O) groups is 2. The largest absolute Gasteiger partial charge is 0.339 e. The Kier molecular flexibility index (Phi) is 4.01. The zero-order chi connectivity index (χ0) is 13.2. The van der Waals surface area contributed by atoms with E-state index in [-0.39, 0.29) is 17.9 Å². The third-order valence-electron chi connectivity index (χ3n) is 4.46. The van der Waals surface area contributed by atoms with Gasteiger partial charge in [-0.15, -0.1) is 0 Å². The second-order valence-electron chi connectivity index (χ2n) is 5.77. The lowest BCUT2D eigenvalue weighted by Crippen LogP contribution is -2.45. The molecule has 0 saturated carbocycles. The fourth-order valence-corrected chi connectivity index (χ4v) is 4.72. The van der Waals surface area contributed by atoms with Crippen molar-refractivity contribution in [1.29, 1.82) is 0 Å².